The number of rotatable bonds is 12. The van der Waals surface area contributed by atoms with E-state index in [-0.39, 0.29) is 12.3 Å². The van der Waals surface area contributed by atoms with Crippen LogP contribution in [0.15, 0.2) is 212 Å². The van der Waals surface area contributed by atoms with Crippen LogP contribution in [0.2, 0.25) is 0 Å². The molecule has 10 aromatic carbocycles. The Morgan fingerprint density at radius 1 is 0.446 bits per heavy atom. The quantitative estimate of drug-likeness (QED) is 0.113. The van der Waals surface area contributed by atoms with Gasteiger partial charge in [-0.15, -0.1) is 0 Å². The molecule has 0 bridgehead atoms. The van der Waals surface area contributed by atoms with Crippen molar-refractivity contribution in [3.63, 3.8) is 0 Å². The summed E-state index contributed by atoms with van der Waals surface area (Å²) in [6, 6.07) is 81.0. The van der Waals surface area contributed by atoms with Crippen LogP contribution < -0.4 is 25.5 Å². The molecule has 0 spiro atoms. The average Bonchev–Trinajstić information content (AvgIpc) is 3.68. The van der Waals surface area contributed by atoms with Crippen molar-refractivity contribution in [1.29, 1.82) is 0 Å². The summed E-state index contributed by atoms with van der Waals surface area (Å²) >= 11 is 0. The SMILES string of the molecule is CCCCc1ccc(N(c2ccccc2)c2ccc3c(c2)N(c2ccc(CCCC)cc2C)c2cc(-c4ccccc4)cc4c2B3N(c2ccc3c(c2)C(C)(C)c2ccccc2-3)c2cc3ccccc3cc2-4)cc1. The van der Waals surface area contributed by atoms with Gasteiger partial charge >= 0.3 is 6.85 Å². The van der Waals surface area contributed by atoms with Gasteiger partial charge in [-0.1, -0.05) is 174 Å². The van der Waals surface area contributed by atoms with Crippen molar-refractivity contribution < 1.29 is 0 Å². The summed E-state index contributed by atoms with van der Waals surface area (Å²) in [6.45, 7) is 11.5. The molecule has 3 aliphatic rings. The Bertz CT molecular complexity index is 3760. The van der Waals surface area contributed by atoms with Crippen LogP contribution in [0.3, 0.4) is 0 Å². The Labute approximate surface area is 438 Å². The molecular weight excluding hydrogens is 894 g/mol. The highest BCUT2D eigenvalue weighted by Crippen LogP contribution is 2.54. The van der Waals surface area contributed by atoms with E-state index in [9.17, 15) is 0 Å². The molecule has 0 radical (unpaired) electrons. The largest absolute Gasteiger partial charge is 0.376 e. The highest BCUT2D eigenvalue weighted by atomic mass is 15.2. The van der Waals surface area contributed by atoms with E-state index in [2.05, 4.69) is 262 Å². The Hall–Kier alpha value is -8.08. The summed E-state index contributed by atoms with van der Waals surface area (Å²) in [4.78, 5) is 7.78. The van der Waals surface area contributed by atoms with E-state index in [0.29, 0.717) is 0 Å². The molecule has 13 rings (SSSR count). The molecule has 1 aliphatic carbocycles. The van der Waals surface area contributed by atoms with Gasteiger partial charge in [-0.25, -0.2) is 0 Å². The predicted octanol–water partition coefficient (Wildman–Crippen LogP) is 18.0. The third kappa shape index (κ3) is 7.56. The lowest BCUT2D eigenvalue weighted by Crippen LogP contribution is -2.61. The second kappa shape index (κ2) is 18.4. The molecule has 10 aromatic rings. The van der Waals surface area contributed by atoms with Crippen LogP contribution in [0.5, 0.6) is 0 Å². The molecule has 360 valence electrons. The van der Waals surface area contributed by atoms with E-state index in [1.54, 1.807) is 0 Å². The Morgan fingerprint density at radius 2 is 1.09 bits per heavy atom. The van der Waals surface area contributed by atoms with Gasteiger partial charge in [0.2, 0.25) is 0 Å². The zero-order valence-electron chi connectivity index (χ0n) is 43.4. The Balaban J connectivity index is 1.11. The van der Waals surface area contributed by atoms with Crippen molar-refractivity contribution in [2.75, 3.05) is 14.6 Å². The lowest BCUT2D eigenvalue weighted by Gasteiger charge is -2.46. The molecule has 0 saturated carbocycles. The number of anilines is 8. The van der Waals surface area contributed by atoms with E-state index < -0.39 is 0 Å². The van der Waals surface area contributed by atoms with Gasteiger partial charge in [0.1, 0.15) is 0 Å². The summed E-state index contributed by atoms with van der Waals surface area (Å²) in [7, 11) is 0. The first kappa shape index (κ1) is 45.8. The topological polar surface area (TPSA) is 9.72 Å². The normalized spacial score (nSPS) is 13.6. The number of hydrogen-bond donors (Lipinski definition) is 0. The van der Waals surface area contributed by atoms with Crippen LogP contribution in [0, 0.1) is 6.92 Å². The van der Waals surface area contributed by atoms with Gasteiger partial charge in [-0.05, 0) is 189 Å². The molecule has 3 nitrogen and oxygen atoms in total. The summed E-state index contributed by atoms with van der Waals surface area (Å²) < 4.78 is 0. The molecule has 2 aliphatic heterocycles. The first-order valence-corrected chi connectivity index (χ1v) is 27.1. The maximum Gasteiger partial charge on any atom is 0.333 e. The van der Waals surface area contributed by atoms with Crippen molar-refractivity contribution >= 4 is 74.0 Å². The Kier molecular flexibility index (Phi) is 11.4. The molecule has 4 heteroatoms. The van der Waals surface area contributed by atoms with Gasteiger partial charge in [-0.2, -0.15) is 0 Å². The number of hydrogen-bond acceptors (Lipinski definition) is 3. The summed E-state index contributed by atoms with van der Waals surface area (Å²) in [5, 5.41) is 2.48. The van der Waals surface area contributed by atoms with E-state index in [4.69, 9.17) is 0 Å². The second-order valence-electron chi connectivity index (χ2n) is 21.5. The van der Waals surface area contributed by atoms with Crippen molar-refractivity contribution in [2.45, 2.75) is 78.6 Å². The van der Waals surface area contributed by atoms with Crippen LogP contribution in [0.25, 0.3) is 44.2 Å². The molecule has 0 fully saturated rings. The van der Waals surface area contributed by atoms with Crippen molar-refractivity contribution in [2.24, 2.45) is 0 Å². The zero-order chi connectivity index (χ0) is 50.1. The fourth-order valence-corrected chi connectivity index (χ4v) is 12.7. The van der Waals surface area contributed by atoms with E-state index in [0.717, 1.165) is 29.9 Å². The number of unbranched alkanes of at least 4 members (excludes halogenated alkanes) is 2. The van der Waals surface area contributed by atoms with Gasteiger partial charge in [-0.3, -0.25) is 0 Å². The van der Waals surface area contributed by atoms with Crippen molar-refractivity contribution in [3.05, 3.63) is 240 Å². The maximum absolute atomic E-state index is 2.70. The highest BCUT2D eigenvalue weighted by Gasteiger charge is 2.47. The van der Waals surface area contributed by atoms with E-state index >= 15 is 0 Å². The average molecular weight is 956 g/mol. The van der Waals surface area contributed by atoms with Crippen LogP contribution in [-0.2, 0) is 18.3 Å². The molecule has 0 saturated heterocycles. The fraction of sp³-hybridized carbons (Fsp3) is 0.171. The second-order valence-corrected chi connectivity index (χ2v) is 21.5. The van der Waals surface area contributed by atoms with Crippen LogP contribution >= 0.6 is 0 Å². The number of para-hydroxylation sites is 1. The third-order valence-corrected chi connectivity index (χ3v) is 16.5. The standard InChI is InChI=1S/C70H62BN3/c1-6-8-20-48-30-33-55(34-31-48)72(54-26-14-11-15-27-54)56-36-38-64-67(46-56)73(65-39-32-49(21-9-7-2)40-47(65)3)68-44-53(50-22-12-10-13-23-50)42-61-60-41-51-24-16-17-25-52(51)43-66(60)74(71(64)69(61)68)57-35-37-59-58-28-18-19-29-62(58)70(4,5)63(59)45-57/h10-19,22-46H,6-9,20-21H2,1-5H3. The number of nitrogens with zero attached hydrogens (tertiary/aromatic N) is 3. The maximum atomic E-state index is 2.70. The summed E-state index contributed by atoms with van der Waals surface area (Å²) in [5.41, 5.74) is 26.3. The summed E-state index contributed by atoms with van der Waals surface area (Å²) in [6.07, 6.45) is 6.88. The lowest BCUT2D eigenvalue weighted by molar-refractivity contribution is 0.660. The minimum atomic E-state index is -0.163. The lowest BCUT2D eigenvalue weighted by atomic mass is 9.43. The number of aryl methyl sites for hydroxylation is 3. The van der Waals surface area contributed by atoms with Gasteiger partial charge in [0.25, 0.3) is 0 Å². The smallest absolute Gasteiger partial charge is 0.333 e. The minimum Gasteiger partial charge on any atom is -0.376 e. The fourth-order valence-electron chi connectivity index (χ4n) is 12.7. The monoisotopic (exact) mass is 956 g/mol. The number of fused-ring (bicyclic) bond motifs is 8. The van der Waals surface area contributed by atoms with Gasteiger partial charge in [0, 0.05) is 56.5 Å². The van der Waals surface area contributed by atoms with Crippen LogP contribution in [0.1, 0.15) is 81.2 Å². The van der Waals surface area contributed by atoms with Gasteiger partial charge in [0.15, 0.2) is 0 Å². The highest BCUT2D eigenvalue weighted by molar-refractivity contribution is 6.93. The molecule has 0 unspecified atom stereocenters. The molecular formula is C70H62BN3. The minimum absolute atomic E-state index is 0.157. The molecule has 0 N–H and O–H groups in total. The van der Waals surface area contributed by atoms with Crippen LogP contribution in [-0.4, -0.2) is 6.85 Å². The molecule has 2 heterocycles. The first-order valence-electron chi connectivity index (χ1n) is 27.1. The van der Waals surface area contributed by atoms with Crippen molar-refractivity contribution in [1.82, 2.24) is 0 Å². The van der Waals surface area contributed by atoms with Gasteiger partial charge in [0.05, 0.1) is 0 Å². The Morgan fingerprint density at radius 3 is 1.85 bits per heavy atom. The van der Waals surface area contributed by atoms with E-state index in [1.165, 1.54) is 137 Å². The van der Waals surface area contributed by atoms with E-state index in [1.807, 2.05) is 0 Å². The first-order chi connectivity index (χ1) is 36.3. The molecule has 0 amide bonds. The summed E-state index contributed by atoms with van der Waals surface area (Å²) in [5.74, 6) is 0. The number of benzene rings is 10. The van der Waals surface area contributed by atoms with Gasteiger partial charge < -0.3 is 14.6 Å². The van der Waals surface area contributed by atoms with Crippen LogP contribution in [0.4, 0.5) is 45.5 Å². The third-order valence-electron chi connectivity index (χ3n) is 16.5. The molecule has 0 atom stereocenters. The predicted molar refractivity (Wildman–Crippen MR) is 317 cm³/mol. The molecule has 0 aromatic heterocycles. The molecule has 74 heavy (non-hydrogen) atoms. The zero-order valence-corrected chi connectivity index (χ0v) is 43.4. The van der Waals surface area contributed by atoms with Crippen molar-refractivity contribution in [3.8, 4) is 33.4 Å².